The lowest BCUT2D eigenvalue weighted by Gasteiger charge is -2.11. The van der Waals surface area contributed by atoms with Gasteiger partial charge in [0.05, 0.1) is 25.9 Å². The second kappa shape index (κ2) is 20.2. The van der Waals surface area contributed by atoms with Crippen molar-refractivity contribution in [2.75, 3.05) is 33.0 Å². The van der Waals surface area contributed by atoms with Crippen molar-refractivity contribution in [1.29, 1.82) is 0 Å². The van der Waals surface area contributed by atoms with Crippen molar-refractivity contribution in [2.24, 2.45) is 5.92 Å². The van der Waals surface area contributed by atoms with Crippen molar-refractivity contribution >= 4 is 0 Å². The van der Waals surface area contributed by atoms with Crippen molar-refractivity contribution in [3.63, 3.8) is 0 Å². The Hall–Kier alpha value is -0.120. The minimum atomic E-state index is 0.283. The van der Waals surface area contributed by atoms with Gasteiger partial charge in [0, 0.05) is 19.1 Å². The zero-order chi connectivity index (χ0) is 20.1. The van der Waals surface area contributed by atoms with Crippen molar-refractivity contribution in [2.45, 2.75) is 116 Å². The predicted octanol–water partition coefficient (Wildman–Crippen LogP) is 7.13. The maximum absolute atomic E-state index is 5.89. The summed E-state index contributed by atoms with van der Waals surface area (Å²) in [5, 5.41) is 0. The molecule has 0 saturated carbocycles. The molecule has 1 aliphatic rings. The Labute approximate surface area is 176 Å². The zero-order valence-electron chi connectivity index (χ0n) is 18.9. The molecule has 1 radical (unpaired) electrons. The molecule has 0 spiro atoms. The van der Waals surface area contributed by atoms with Gasteiger partial charge in [0.1, 0.15) is 0 Å². The summed E-state index contributed by atoms with van der Waals surface area (Å²) in [6.45, 7) is 10.4. The molecule has 1 fully saturated rings. The molecule has 28 heavy (non-hydrogen) atoms. The molecule has 167 valence electrons. The molecule has 3 nitrogen and oxygen atoms in total. The summed E-state index contributed by atoms with van der Waals surface area (Å²) in [4.78, 5) is 0. The van der Waals surface area contributed by atoms with Gasteiger partial charge in [-0.3, -0.25) is 0 Å². The van der Waals surface area contributed by atoms with E-state index in [1.54, 1.807) is 0 Å². The first-order chi connectivity index (χ1) is 13.9. The van der Waals surface area contributed by atoms with E-state index in [1.165, 1.54) is 83.5 Å². The molecule has 0 aromatic carbocycles. The van der Waals surface area contributed by atoms with Crippen molar-refractivity contribution < 1.29 is 14.2 Å². The molecule has 0 amide bonds. The fourth-order valence-electron chi connectivity index (χ4n) is 3.90. The van der Waals surface area contributed by atoms with Crippen molar-refractivity contribution in [1.82, 2.24) is 0 Å². The Morgan fingerprint density at radius 2 is 1.25 bits per heavy atom. The highest BCUT2D eigenvalue weighted by molar-refractivity contribution is 4.73. The molecule has 1 heterocycles. The Bertz CT molecular complexity index is 308. The van der Waals surface area contributed by atoms with Crippen molar-refractivity contribution in [3.8, 4) is 0 Å². The Kier molecular flexibility index (Phi) is 18.7. The third-order valence-corrected chi connectivity index (χ3v) is 5.75. The summed E-state index contributed by atoms with van der Waals surface area (Å²) >= 11 is 0. The van der Waals surface area contributed by atoms with Crippen LogP contribution < -0.4 is 0 Å². The van der Waals surface area contributed by atoms with Gasteiger partial charge in [-0.05, 0) is 19.3 Å². The van der Waals surface area contributed by atoms with E-state index < -0.39 is 0 Å². The maximum atomic E-state index is 5.89. The second-order valence-electron chi connectivity index (χ2n) is 8.66. The standard InChI is InChI=1S/C25H49O3/c1-3-5-7-9-10-11-12-13-15-17-18-26-21-24-20-25(28-22-24)23-27-19-16-14-8-6-4-2/h24-25H,2-23H2,1H3/t24-,25-/m0/s1. The number of hydrogen-bond acceptors (Lipinski definition) is 3. The number of unbranched alkanes of at least 4 members (excludes halogenated alkanes) is 13. The first kappa shape index (κ1) is 25.9. The van der Waals surface area contributed by atoms with Gasteiger partial charge in [0.25, 0.3) is 0 Å². The van der Waals surface area contributed by atoms with Crippen molar-refractivity contribution in [3.05, 3.63) is 6.92 Å². The van der Waals surface area contributed by atoms with Crippen LogP contribution in [0.1, 0.15) is 110 Å². The number of rotatable bonds is 21. The Morgan fingerprint density at radius 1 is 0.714 bits per heavy atom. The van der Waals surface area contributed by atoms with Crippen LogP contribution in [-0.2, 0) is 14.2 Å². The first-order valence-electron chi connectivity index (χ1n) is 12.4. The van der Waals surface area contributed by atoms with E-state index in [0.717, 1.165) is 52.3 Å². The molecule has 0 aromatic heterocycles. The third kappa shape index (κ3) is 15.8. The lowest BCUT2D eigenvalue weighted by molar-refractivity contribution is 0.0141. The Balaban J connectivity index is 1.79. The quantitative estimate of drug-likeness (QED) is 0.193. The first-order valence-corrected chi connectivity index (χ1v) is 12.4. The SMILES string of the molecule is [CH2]CCCCCCOC[C@@H]1C[C@@H](COCCCCCCCCCCCC)CO1. The van der Waals surface area contributed by atoms with Gasteiger partial charge in [-0.15, -0.1) is 0 Å². The van der Waals surface area contributed by atoms with Crippen LogP contribution in [-0.4, -0.2) is 39.1 Å². The van der Waals surface area contributed by atoms with E-state index in [0.29, 0.717) is 5.92 Å². The second-order valence-corrected chi connectivity index (χ2v) is 8.66. The van der Waals surface area contributed by atoms with Crippen LogP contribution in [0.25, 0.3) is 0 Å². The predicted molar refractivity (Wildman–Crippen MR) is 120 cm³/mol. The Morgan fingerprint density at radius 3 is 1.86 bits per heavy atom. The van der Waals surface area contributed by atoms with E-state index >= 15 is 0 Å². The highest BCUT2D eigenvalue weighted by Gasteiger charge is 2.25. The third-order valence-electron chi connectivity index (χ3n) is 5.75. The molecule has 0 unspecified atom stereocenters. The maximum Gasteiger partial charge on any atom is 0.0813 e. The minimum absolute atomic E-state index is 0.283. The molecule has 1 aliphatic heterocycles. The average molecular weight is 398 g/mol. The molecule has 0 bridgehead atoms. The molecule has 0 aromatic rings. The number of ether oxygens (including phenoxy) is 3. The summed E-state index contributed by atoms with van der Waals surface area (Å²) in [6, 6.07) is 0. The van der Waals surface area contributed by atoms with Crippen LogP contribution in [0.5, 0.6) is 0 Å². The van der Waals surface area contributed by atoms with Crippen LogP contribution in [0.4, 0.5) is 0 Å². The van der Waals surface area contributed by atoms with Gasteiger partial charge >= 0.3 is 0 Å². The van der Waals surface area contributed by atoms with Gasteiger partial charge in [-0.2, -0.15) is 0 Å². The molecular formula is C25H49O3. The molecule has 2 atom stereocenters. The van der Waals surface area contributed by atoms with Crippen LogP contribution in [0, 0.1) is 12.8 Å². The van der Waals surface area contributed by atoms with E-state index in [-0.39, 0.29) is 6.10 Å². The summed E-state index contributed by atoms with van der Waals surface area (Å²) in [5.41, 5.74) is 0. The minimum Gasteiger partial charge on any atom is -0.381 e. The van der Waals surface area contributed by atoms with Gasteiger partial charge in [0.15, 0.2) is 0 Å². The molecular weight excluding hydrogens is 348 g/mol. The summed E-state index contributed by atoms with van der Waals surface area (Å²) in [7, 11) is 0. The van der Waals surface area contributed by atoms with E-state index in [2.05, 4.69) is 13.8 Å². The molecule has 0 aliphatic carbocycles. The van der Waals surface area contributed by atoms with Crippen LogP contribution in [0.3, 0.4) is 0 Å². The zero-order valence-corrected chi connectivity index (χ0v) is 18.9. The van der Waals surface area contributed by atoms with E-state index in [9.17, 15) is 0 Å². The lowest BCUT2D eigenvalue weighted by Crippen LogP contribution is -2.15. The molecule has 3 heteroatoms. The fourth-order valence-corrected chi connectivity index (χ4v) is 3.90. The summed E-state index contributed by atoms with van der Waals surface area (Å²) < 4.78 is 17.5. The van der Waals surface area contributed by atoms with Crippen LogP contribution in [0.15, 0.2) is 0 Å². The smallest absolute Gasteiger partial charge is 0.0813 e. The van der Waals surface area contributed by atoms with E-state index in [4.69, 9.17) is 14.2 Å². The van der Waals surface area contributed by atoms with Crippen LogP contribution >= 0.6 is 0 Å². The highest BCUT2D eigenvalue weighted by atomic mass is 16.5. The summed E-state index contributed by atoms with van der Waals surface area (Å²) in [5.74, 6) is 0.564. The number of hydrogen-bond donors (Lipinski definition) is 0. The monoisotopic (exact) mass is 397 g/mol. The fraction of sp³-hybridized carbons (Fsp3) is 0.960. The van der Waals surface area contributed by atoms with E-state index in [1.807, 2.05) is 0 Å². The molecule has 1 saturated heterocycles. The van der Waals surface area contributed by atoms with Gasteiger partial charge in [-0.25, -0.2) is 0 Å². The lowest BCUT2D eigenvalue weighted by atomic mass is 10.1. The summed E-state index contributed by atoms with van der Waals surface area (Å²) in [6.07, 6.45) is 21.2. The highest BCUT2D eigenvalue weighted by Crippen LogP contribution is 2.20. The van der Waals surface area contributed by atoms with Gasteiger partial charge in [-0.1, -0.05) is 97.3 Å². The van der Waals surface area contributed by atoms with Gasteiger partial charge < -0.3 is 14.2 Å². The largest absolute Gasteiger partial charge is 0.381 e. The van der Waals surface area contributed by atoms with Gasteiger partial charge in [0.2, 0.25) is 0 Å². The van der Waals surface area contributed by atoms with Crippen LogP contribution in [0.2, 0.25) is 0 Å². The molecule has 0 N–H and O–H groups in total. The topological polar surface area (TPSA) is 27.7 Å². The normalized spacial score (nSPS) is 19.5. The molecule has 1 rings (SSSR count). The average Bonchev–Trinajstić information content (AvgIpc) is 3.16.